The van der Waals surface area contributed by atoms with Crippen molar-refractivity contribution >= 4 is 16.8 Å². The summed E-state index contributed by atoms with van der Waals surface area (Å²) in [5.41, 5.74) is 2.37. The van der Waals surface area contributed by atoms with Gasteiger partial charge >= 0.3 is 0 Å². The highest BCUT2D eigenvalue weighted by atomic mass is 16.2. The highest BCUT2D eigenvalue weighted by Gasteiger charge is 2.32. The second-order valence-electron chi connectivity index (χ2n) is 6.00. The highest BCUT2D eigenvalue weighted by Crippen LogP contribution is 2.31. The number of aromatic amines is 1. The Bertz CT molecular complexity index is 870. The Balaban J connectivity index is 1.66. The van der Waals surface area contributed by atoms with Gasteiger partial charge in [-0.15, -0.1) is 0 Å². The molecule has 1 saturated heterocycles. The number of fused-ring (bicyclic) bond motifs is 1. The van der Waals surface area contributed by atoms with Crippen molar-refractivity contribution in [1.29, 1.82) is 0 Å². The normalized spacial score (nSPS) is 17.8. The summed E-state index contributed by atoms with van der Waals surface area (Å²) in [6, 6.07) is 11.6. The Morgan fingerprint density at radius 1 is 1.26 bits per heavy atom. The van der Waals surface area contributed by atoms with Gasteiger partial charge in [0.25, 0.3) is 5.91 Å². The number of hydrogen-bond donors (Lipinski definition) is 1. The van der Waals surface area contributed by atoms with Gasteiger partial charge in [0.1, 0.15) is 11.5 Å². The summed E-state index contributed by atoms with van der Waals surface area (Å²) in [7, 11) is 0. The zero-order chi connectivity index (χ0) is 15.8. The summed E-state index contributed by atoms with van der Waals surface area (Å²) in [5, 5.41) is 1.05. The molecule has 1 aliphatic heterocycles. The molecule has 0 spiro atoms. The lowest BCUT2D eigenvalue weighted by molar-refractivity contribution is 0.0725. The summed E-state index contributed by atoms with van der Waals surface area (Å²) in [5.74, 6) is 0.849. The van der Waals surface area contributed by atoms with Crippen LogP contribution in [0.1, 0.15) is 40.9 Å². The molecule has 2 aromatic heterocycles. The van der Waals surface area contributed by atoms with Gasteiger partial charge in [-0.2, -0.15) is 0 Å². The predicted molar refractivity (Wildman–Crippen MR) is 88.1 cm³/mol. The lowest BCUT2D eigenvalue weighted by Gasteiger charge is -2.23. The number of carbonyl (C=O) groups is 1. The van der Waals surface area contributed by atoms with E-state index in [-0.39, 0.29) is 11.9 Å². The van der Waals surface area contributed by atoms with E-state index < -0.39 is 0 Å². The van der Waals surface area contributed by atoms with Crippen LogP contribution in [-0.2, 0) is 0 Å². The maximum absolute atomic E-state index is 12.9. The van der Waals surface area contributed by atoms with Crippen molar-refractivity contribution in [2.75, 3.05) is 6.54 Å². The number of imidazole rings is 1. The molecule has 5 nitrogen and oxygen atoms in total. The molecule has 0 radical (unpaired) electrons. The zero-order valence-electron chi connectivity index (χ0n) is 13.0. The number of rotatable bonds is 2. The number of carbonyl (C=O) groups excluding carboxylic acids is 1. The minimum atomic E-state index is -0.0210. The van der Waals surface area contributed by atoms with E-state index in [1.54, 1.807) is 0 Å². The number of likely N-dealkylation sites (tertiary alicyclic amines) is 1. The van der Waals surface area contributed by atoms with Gasteiger partial charge in [0.2, 0.25) is 0 Å². The fraction of sp³-hybridized carbons (Fsp3) is 0.278. The third kappa shape index (κ3) is 2.48. The fourth-order valence-corrected chi connectivity index (χ4v) is 3.23. The summed E-state index contributed by atoms with van der Waals surface area (Å²) < 4.78 is 0. The Morgan fingerprint density at radius 3 is 2.96 bits per heavy atom. The van der Waals surface area contributed by atoms with E-state index in [1.807, 2.05) is 54.4 Å². The van der Waals surface area contributed by atoms with Crippen LogP contribution in [0.5, 0.6) is 0 Å². The predicted octanol–water partition coefficient (Wildman–Crippen LogP) is 3.24. The van der Waals surface area contributed by atoms with Gasteiger partial charge in [-0.25, -0.2) is 9.97 Å². The number of para-hydroxylation sites is 1. The van der Waals surface area contributed by atoms with Crippen LogP contribution in [0, 0.1) is 6.92 Å². The minimum absolute atomic E-state index is 0.0180. The summed E-state index contributed by atoms with van der Waals surface area (Å²) in [4.78, 5) is 27.0. The number of nitrogens with one attached hydrogen (secondary N) is 1. The molecule has 4 rings (SSSR count). The molecular formula is C18H18N4O. The van der Waals surface area contributed by atoms with Crippen LogP contribution >= 0.6 is 0 Å². The van der Waals surface area contributed by atoms with Crippen molar-refractivity contribution in [1.82, 2.24) is 19.9 Å². The van der Waals surface area contributed by atoms with Gasteiger partial charge in [0.15, 0.2) is 0 Å². The fourth-order valence-electron chi connectivity index (χ4n) is 3.23. The summed E-state index contributed by atoms with van der Waals surface area (Å²) >= 11 is 0. The van der Waals surface area contributed by atoms with Gasteiger partial charge in [-0.1, -0.05) is 24.3 Å². The highest BCUT2D eigenvalue weighted by molar-refractivity contribution is 5.95. The molecule has 5 heteroatoms. The molecule has 3 aromatic rings. The zero-order valence-corrected chi connectivity index (χ0v) is 13.0. The minimum Gasteiger partial charge on any atom is -0.344 e. The average molecular weight is 306 g/mol. The summed E-state index contributed by atoms with van der Waals surface area (Å²) in [6.07, 6.45) is 3.74. The quantitative estimate of drug-likeness (QED) is 0.790. The monoisotopic (exact) mass is 306 g/mol. The first kappa shape index (κ1) is 13.9. The number of aromatic nitrogens is 3. The molecule has 1 fully saturated rings. The number of H-pyrrole nitrogens is 1. The number of benzene rings is 1. The van der Waals surface area contributed by atoms with E-state index in [0.717, 1.165) is 41.8 Å². The van der Waals surface area contributed by atoms with Crippen molar-refractivity contribution in [2.45, 2.75) is 25.8 Å². The molecule has 0 saturated carbocycles. The van der Waals surface area contributed by atoms with E-state index >= 15 is 0 Å². The van der Waals surface area contributed by atoms with Crippen LogP contribution in [0.2, 0.25) is 0 Å². The molecule has 1 amide bonds. The Kier molecular flexibility index (Phi) is 3.33. The lowest BCUT2D eigenvalue weighted by Crippen LogP contribution is -2.31. The summed E-state index contributed by atoms with van der Waals surface area (Å²) in [6.45, 7) is 2.72. The maximum Gasteiger partial charge on any atom is 0.273 e. The molecule has 1 N–H and O–H groups in total. The third-order valence-electron chi connectivity index (χ3n) is 4.37. The van der Waals surface area contributed by atoms with Crippen LogP contribution < -0.4 is 0 Å². The molecule has 1 aromatic carbocycles. The molecule has 0 aliphatic carbocycles. The van der Waals surface area contributed by atoms with E-state index in [1.165, 1.54) is 0 Å². The first-order valence-corrected chi connectivity index (χ1v) is 7.90. The van der Waals surface area contributed by atoms with Crippen molar-refractivity contribution in [2.24, 2.45) is 0 Å². The van der Waals surface area contributed by atoms with Crippen molar-refractivity contribution < 1.29 is 4.79 Å². The maximum atomic E-state index is 12.9. The van der Waals surface area contributed by atoms with Crippen LogP contribution in [0.4, 0.5) is 0 Å². The largest absolute Gasteiger partial charge is 0.344 e. The molecule has 116 valence electrons. The average Bonchev–Trinajstić information content (AvgIpc) is 3.22. The number of hydrogen-bond acceptors (Lipinski definition) is 3. The first-order valence-electron chi connectivity index (χ1n) is 7.90. The van der Waals surface area contributed by atoms with Gasteiger partial charge < -0.3 is 9.88 Å². The Morgan fingerprint density at radius 2 is 2.13 bits per heavy atom. The van der Waals surface area contributed by atoms with Gasteiger partial charge in [-0.05, 0) is 31.9 Å². The van der Waals surface area contributed by atoms with Crippen molar-refractivity contribution in [3.63, 3.8) is 0 Å². The standard InChI is InChI=1S/C18H18N4O/c1-12-11-19-17(20-12)16-7-4-10-22(16)18(23)15-9-8-13-5-2-3-6-14(13)21-15/h2-3,5-6,8-9,11,16H,4,7,10H2,1H3,(H,19,20)/t16-/m0/s1. The number of aryl methyl sites for hydroxylation is 1. The van der Waals surface area contributed by atoms with Crippen LogP contribution in [0.25, 0.3) is 10.9 Å². The number of nitrogens with zero attached hydrogens (tertiary/aromatic N) is 3. The molecular weight excluding hydrogens is 288 g/mol. The second kappa shape index (κ2) is 5.50. The molecule has 3 heterocycles. The SMILES string of the molecule is Cc1cnc([C@@H]2CCCN2C(=O)c2ccc3ccccc3n2)[nH]1. The third-order valence-corrected chi connectivity index (χ3v) is 4.37. The van der Waals surface area contributed by atoms with Crippen LogP contribution in [-0.4, -0.2) is 32.3 Å². The number of pyridine rings is 1. The molecule has 0 bridgehead atoms. The van der Waals surface area contributed by atoms with E-state index in [2.05, 4.69) is 15.0 Å². The van der Waals surface area contributed by atoms with Gasteiger partial charge in [0, 0.05) is 23.8 Å². The second-order valence-corrected chi connectivity index (χ2v) is 6.00. The van der Waals surface area contributed by atoms with Crippen LogP contribution in [0.3, 0.4) is 0 Å². The van der Waals surface area contributed by atoms with E-state index in [9.17, 15) is 4.79 Å². The van der Waals surface area contributed by atoms with E-state index in [0.29, 0.717) is 5.69 Å². The Labute approximate surface area is 134 Å². The smallest absolute Gasteiger partial charge is 0.273 e. The molecule has 23 heavy (non-hydrogen) atoms. The molecule has 1 aliphatic rings. The first-order chi connectivity index (χ1) is 11.2. The van der Waals surface area contributed by atoms with Gasteiger partial charge in [-0.3, -0.25) is 4.79 Å². The van der Waals surface area contributed by atoms with Crippen molar-refractivity contribution in [3.8, 4) is 0 Å². The molecule has 1 atom stereocenters. The van der Waals surface area contributed by atoms with Crippen molar-refractivity contribution in [3.05, 3.63) is 59.8 Å². The van der Waals surface area contributed by atoms with Crippen LogP contribution in [0.15, 0.2) is 42.6 Å². The van der Waals surface area contributed by atoms with E-state index in [4.69, 9.17) is 0 Å². The molecule has 0 unspecified atom stereocenters. The lowest BCUT2D eigenvalue weighted by atomic mass is 10.1. The topological polar surface area (TPSA) is 61.9 Å². The number of amides is 1. The van der Waals surface area contributed by atoms with Gasteiger partial charge in [0.05, 0.1) is 11.6 Å². The Hall–Kier alpha value is -2.69.